The summed E-state index contributed by atoms with van der Waals surface area (Å²) >= 11 is 0. The molecule has 0 radical (unpaired) electrons. The fourth-order valence-electron chi connectivity index (χ4n) is 2.58. The van der Waals surface area contributed by atoms with Crippen molar-refractivity contribution in [3.8, 4) is 0 Å². The number of nitrogens with one attached hydrogen (secondary N) is 3. The van der Waals surface area contributed by atoms with Crippen molar-refractivity contribution >= 4 is 17.6 Å². The highest BCUT2D eigenvalue weighted by Crippen LogP contribution is 2.19. The summed E-state index contributed by atoms with van der Waals surface area (Å²) in [7, 11) is 1.62. The summed E-state index contributed by atoms with van der Waals surface area (Å²) in [6, 6.07) is 16.6. The van der Waals surface area contributed by atoms with E-state index >= 15 is 0 Å². The van der Waals surface area contributed by atoms with Crippen molar-refractivity contribution in [2.45, 2.75) is 25.0 Å². The Morgan fingerprint density at radius 1 is 1.08 bits per heavy atom. The SMILES string of the molecule is CO[C@H](CNC(=O)c1ccc(NC(=O)NC2CC2)cc1)c1ccccc1. The number of benzene rings is 2. The fraction of sp³-hybridized carbons (Fsp3) is 0.300. The van der Waals surface area contributed by atoms with E-state index in [0.29, 0.717) is 23.8 Å². The molecule has 0 aliphatic heterocycles. The summed E-state index contributed by atoms with van der Waals surface area (Å²) in [5.41, 5.74) is 2.19. The van der Waals surface area contributed by atoms with Gasteiger partial charge in [0.05, 0.1) is 6.10 Å². The quantitative estimate of drug-likeness (QED) is 0.716. The minimum Gasteiger partial charge on any atom is -0.375 e. The number of rotatable bonds is 7. The number of urea groups is 1. The van der Waals surface area contributed by atoms with E-state index < -0.39 is 0 Å². The number of amides is 3. The zero-order valence-corrected chi connectivity index (χ0v) is 14.7. The minimum atomic E-state index is -0.213. The molecule has 2 aromatic rings. The van der Waals surface area contributed by atoms with Crippen LogP contribution >= 0.6 is 0 Å². The van der Waals surface area contributed by atoms with Crippen molar-refractivity contribution < 1.29 is 14.3 Å². The molecule has 1 saturated carbocycles. The third kappa shape index (κ3) is 5.07. The van der Waals surface area contributed by atoms with Gasteiger partial charge in [0.25, 0.3) is 5.91 Å². The maximum atomic E-state index is 12.3. The molecule has 3 rings (SSSR count). The predicted molar refractivity (Wildman–Crippen MR) is 100 cm³/mol. The Kier molecular flexibility index (Phi) is 5.86. The van der Waals surface area contributed by atoms with Gasteiger partial charge < -0.3 is 20.7 Å². The van der Waals surface area contributed by atoms with E-state index in [9.17, 15) is 9.59 Å². The van der Waals surface area contributed by atoms with Crippen molar-refractivity contribution in [1.82, 2.24) is 10.6 Å². The Morgan fingerprint density at radius 3 is 2.38 bits per heavy atom. The van der Waals surface area contributed by atoms with E-state index in [-0.39, 0.29) is 18.0 Å². The molecule has 2 aromatic carbocycles. The number of carbonyl (C=O) groups is 2. The second-order valence-corrected chi connectivity index (χ2v) is 6.30. The van der Waals surface area contributed by atoms with Crippen LogP contribution in [0.5, 0.6) is 0 Å². The topological polar surface area (TPSA) is 79.5 Å². The highest BCUT2D eigenvalue weighted by atomic mass is 16.5. The lowest BCUT2D eigenvalue weighted by Gasteiger charge is -2.16. The predicted octanol–water partition coefficient (Wildman–Crippen LogP) is 3.09. The monoisotopic (exact) mass is 353 g/mol. The lowest BCUT2D eigenvalue weighted by Crippen LogP contribution is -2.30. The summed E-state index contributed by atoms with van der Waals surface area (Å²) in [6.45, 7) is 0.378. The standard InChI is InChI=1S/C20H23N3O3/c1-26-18(14-5-3-2-4-6-14)13-21-19(24)15-7-9-16(10-8-15)22-20(25)23-17-11-12-17/h2-10,17-18H,11-13H2,1H3,(H,21,24)(H2,22,23,25)/t18-/m1/s1. The Hall–Kier alpha value is -2.86. The van der Waals surface area contributed by atoms with Crippen LogP contribution in [0.25, 0.3) is 0 Å². The summed E-state index contributed by atoms with van der Waals surface area (Å²) in [5, 5.41) is 8.49. The lowest BCUT2D eigenvalue weighted by molar-refractivity contribution is 0.0828. The van der Waals surface area contributed by atoms with Crippen LogP contribution in [0.2, 0.25) is 0 Å². The van der Waals surface area contributed by atoms with Gasteiger partial charge in [-0.25, -0.2) is 4.79 Å². The van der Waals surface area contributed by atoms with E-state index in [4.69, 9.17) is 4.74 Å². The van der Waals surface area contributed by atoms with Gasteiger partial charge in [-0.15, -0.1) is 0 Å². The average Bonchev–Trinajstić information content (AvgIpc) is 3.47. The van der Waals surface area contributed by atoms with E-state index in [1.807, 2.05) is 30.3 Å². The minimum absolute atomic E-state index is 0.183. The third-order valence-electron chi connectivity index (χ3n) is 4.22. The van der Waals surface area contributed by atoms with E-state index in [1.165, 1.54) is 0 Å². The van der Waals surface area contributed by atoms with Crippen LogP contribution in [0.15, 0.2) is 54.6 Å². The van der Waals surface area contributed by atoms with Gasteiger partial charge in [0, 0.05) is 30.9 Å². The highest BCUT2D eigenvalue weighted by molar-refractivity contribution is 5.95. The number of methoxy groups -OCH3 is 1. The molecule has 0 aromatic heterocycles. The van der Waals surface area contributed by atoms with Crippen molar-refractivity contribution in [3.63, 3.8) is 0 Å². The van der Waals surface area contributed by atoms with Crippen LogP contribution in [-0.2, 0) is 4.74 Å². The van der Waals surface area contributed by atoms with Crippen LogP contribution in [0, 0.1) is 0 Å². The van der Waals surface area contributed by atoms with Crippen molar-refractivity contribution in [3.05, 3.63) is 65.7 Å². The lowest BCUT2D eigenvalue weighted by atomic mass is 10.1. The van der Waals surface area contributed by atoms with Gasteiger partial charge in [-0.3, -0.25) is 4.79 Å². The Labute approximate surface area is 152 Å². The molecule has 1 atom stereocenters. The van der Waals surface area contributed by atoms with Gasteiger partial charge >= 0.3 is 6.03 Å². The first-order valence-corrected chi connectivity index (χ1v) is 8.69. The average molecular weight is 353 g/mol. The van der Waals surface area contributed by atoms with Gasteiger partial charge in [0.15, 0.2) is 0 Å². The maximum absolute atomic E-state index is 12.3. The summed E-state index contributed by atoms with van der Waals surface area (Å²) in [4.78, 5) is 24.0. The first kappa shape index (κ1) is 17.9. The number of carbonyl (C=O) groups excluding carboxylic acids is 2. The number of hydrogen-bond acceptors (Lipinski definition) is 3. The van der Waals surface area contributed by atoms with E-state index in [0.717, 1.165) is 18.4 Å². The molecule has 0 unspecified atom stereocenters. The van der Waals surface area contributed by atoms with Crippen molar-refractivity contribution in [1.29, 1.82) is 0 Å². The molecular formula is C20H23N3O3. The first-order chi connectivity index (χ1) is 12.7. The van der Waals surface area contributed by atoms with Gasteiger partial charge in [-0.05, 0) is 42.7 Å². The fourth-order valence-corrected chi connectivity index (χ4v) is 2.58. The normalized spacial score (nSPS) is 14.3. The van der Waals surface area contributed by atoms with Crippen LogP contribution in [-0.4, -0.2) is 31.6 Å². The number of ether oxygens (including phenoxy) is 1. The van der Waals surface area contributed by atoms with Crippen LogP contribution in [0.4, 0.5) is 10.5 Å². The molecule has 0 bridgehead atoms. The number of hydrogen-bond donors (Lipinski definition) is 3. The zero-order chi connectivity index (χ0) is 18.4. The molecule has 0 heterocycles. The van der Waals surface area contributed by atoms with Crippen LogP contribution in [0.3, 0.4) is 0 Å². The van der Waals surface area contributed by atoms with Crippen molar-refractivity contribution in [2.24, 2.45) is 0 Å². The molecule has 0 spiro atoms. The molecule has 6 nitrogen and oxygen atoms in total. The largest absolute Gasteiger partial charge is 0.375 e. The zero-order valence-electron chi connectivity index (χ0n) is 14.7. The highest BCUT2D eigenvalue weighted by Gasteiger charge is 2.23. The van der Waals surface area contributed by atoms with Gasteiger partial charge in [-0.2, -0.15) is 0 Å². The molecule has 3 amide bonds. The molecule has 1 fully saturated rings. The molecule has 136 valence electrons. The summed E-state index contributed by atoms with van der Waals surface area (Å²) in [6.07, 6.45) is 1.88. The second-order valence-electron chi connectivity index (χ2n) is 6.30. The molecule has 1 aliphatic carbocycles. The molecule has 0 saturated heterocycles. The Balaban J connectivity index is 1.51. The van der Waals surface area contributed by atoms with Gasteiger partial charge in [0.2, 0.25) is 0 Å². The third-order valence-corrected chi connectivity index (χ3v) is 4.22. The van der Waals surface area contributed by atoms with E-state index in [2.05, 4.69) is 16.0 Å². The molecule has 26 heavy (non-hydrogen) atoms. The molecule has 1 aliphatic rings. The van der Waals surface area contributed by atoms with Crippen LogP contribution in [0.1, 0.15) is 34.9 Å². The molecule has 6 heteroatoms. The molecule has 3 N–H and O–H groups in total. The van der Waals surface area contributed by atoms with Gasteiger partial charge in [-0.1, -0.05) is 30.3 Å². The molecular weight excluding hydrogens is 330 g/mol. The number of anilines is 1. The van der Waals surface area contributed by atoms with Crippen LogP contribution < -0.4 is 16.0 Å². The van der Waals surface area contributed by atoms with E-state index in [1.54, 1.807) is 31.4 Å². The Morgan fingerprint density at radius 2 is 1.77 bits per heavy atom. The first-order valence-electron chi connectivity index (χ1n) is 8.69. The Bertz CT molecular complexity index is 743. The van der Waals surface area contributed by atoms with Crippen molar-refractivity contribution in [2.75, 3.05) is 19.0 Å². The summed E-state index contributed by atoms with van der Waals surface area (Å²) in [5.74, 6) is -0.183. The maximum Gasteiger partial charge on any atom is 0.319 e. The smallest absolute Gasteiger partial charge is 0.319 e. The van der Waals surface area contributed by atoms with Gasteiger partial charge in [0.1, 0.15) is 0 Å². The summed E-state index contributed by atoms with van der Waals surface area (Å²) < 4.78 is 5.45. The second kappa shape index (κ2) is 8.49.